The van der Waals surface area contributed by atoms with Crippen molar-refractivity contribution in [3.8, 4) is 0 Å². The van der Waals surface area contributed by atoms with Gasteiger partial charge in [-0.05, 0) is 55.6 Å². The van der Waals surface area contributed by atoms with Gasteiger partial charge in [0.2, 0.25) is 0 Å². The number of benzene rings is 1. The summed E-state index contributed by atoms with van der Waals surface area (Å²) in [5.41, 5.74) is 3.51. The fourth-order valence-electron chi connectivity index (χ4n) is 3.98. The standard InChI is InChI=1S/C24H32N2O3/c1-6-15(2)25-21(27)14-29-23(28)22-17-9-7-8-10-19(17)26-20-12-11-16(13-18(20)22)24(3,4)5/h7-10,15-16H,6,11-14H2,1-5H3,(H,25,27)/t15-,16-/m0/s1. The number of nitrogens with one attached hydrogen (secondary N) is 1. The first-order chi connectivity index (χ1) is 13.7. The predicted octanol–water partition coefficient (Wildman–Crippen LogP) is 4.46. The first-order valence-electron chi connectivity index (χ1n) is 10.6. The van der Waals surface area contributed by atoms with Gasteiger partial charge in [0.25, 0.3) is 5.91 Å². The maximum absolute atomic E-state index is 13.1. The van der Waals surface area contributed by atoms with Gasteiger partial charge in [-0.1, -0.05) is 45.9 Å². The minimum absolute atomic E-state index is 0.0586. The van der Waals surface area contributed by atoms with Crippen LogP contribution in [0.4, 0.5) is 0 Å². The molecular weight excluding hydrogens is 364 g/mol. The van der Waals surface area contributed by atoms with Crippen molar-refractivity contribution in [1.29, 1.82) is 0 Å². The Morgan fingerprint density at radius 2 is 2.00 bits per heavy atom. The van der Waals surface area contributed by atoms with Crippen molar-refractivity contribution in [3.05, 3.63) is 41.1 Å². The van der Waals surface area contributed by atoms with Gasteiger partial charge < -0.3 is 10.1 Å². The third kappa shape index (κ3) is 4.77. The Balaban J connectivity index is 1.93. The molecule has 1 amide bonds. The smallest absolute Gasteiger partial charge is 0.339 e. The lowest BCUT2D eigenvalue weighted by Gasteiger charge is -2.35. The maximum Gasteiger partial charge on any atom is 0.339 e. The number of esters is 1. The van der Waals surface area contributed by atoms with Gasteiger partial charge in [0.05, 0.1) is 11.1 Å². The molecule has 0 radical (unpaired) electrons. The second-order valence-corrected chi connectivity index (χ2v) is 9.19. The molecule has 1 aliphatic rings. The first-order valence-corrected chi connectivity index (χ1v) is 10.6. The van der Waals surface area contributed by atoms with Crippen LogP contribution in [0, 0.1) is 11.3 Å². The summed E-state index contributed by atoms with van der Waals surface area (Å²) in [6.45, 7) is 10.4. The van der Waals surface area contributed by atoms with Crippen LogP contribution in [0.2, 0.25) is 0 Å². The minimum atomic E-state index is -0.436. The van der Waals surface area contributed by atoms with Gasteiger partial charge in [-0.15, -0.1) is 0 Å². The molecule has 156 valence electrons. The zero-order valence-corrected chi connectivity index (χ0v) is 18.2. The van der Waals surface area contributed by atoms with Crippen molar-refractivity contribution in [2.75, 3.05) is 6.61 Å². The highest BCUT2D eigenvalue weighted by molar-refractivity contribution is 6.05. The van der Waals surface area contributed by atoms with E-state index in [1.165, 1.54) is 0 Å². The zero-order chi connectivity index (χ0) is 21.2. The molecule has 29 heavy (non-hydrogen) atoms. The molecule has 0 fully saturated rings. The monoisotopic (exact) mass is 396 g/mol. The van der Waals surface area contributed by atoms with Crippen molar-refractivity contribution in [1.82, 2.24) is 10.3 Å². The van der Waals surface area contributed by atoms with E-state index in [0.29, 0.717) is 11.5 Å². The average Bonchev–Trinajstić information content (AvgIpc) is 2.68. The number of carbonyl (C=O) groups is 2. The molecule has 1 N–H and O–H groups in total. The maximum atomic E-state index is 13.1. The third-order valence-corrected chi connectivity index (χ3v) is 6.04. The fourth-order valence-corrected chi connectivity index (χ4v) is 3.98. The normalized spacial score (nSPS) is 17.5. The Morgan fingerprint density at radius 1 is 1.28 bits per heavy atom. The third-order valence-electron chi connectivity index (χ3n) is 6.04. The van der Waals surface area contributed by atoms with Gasteiger partial charge >= 0.3 is 5.97 Å². The van der Waals surface area contributed by atoms with Gasteiger partial charge in [0, 0.05) is 17.1 Å². The molecule has 0 saturated carbocycles. The highest BCUT2D eigenvalue weighted by Crippen LogP contribution is 2.39. The van der Waals surface area contributed by atoms with E-state index in [-0.39, 0.29) is 24.0 Å². The molecule has 2 aromatic rings. The number of aryl methyl sites for hydroxylation is 1. The average molecular weight is 397 g/mol. The molecule has 1 heterocycles. The number of pyridine rings is 1. The molecule has 0 unspecified atom stereocenters. The molecule has 0 bridgehead atoms. The summed E-state index contributed by atoms with van der Waals surface area (Å²) in [5, 5.41) is 3.63. The molecule has 1 aromatic heterocycles. The van der Waals surface area contributed by atoms with Gasteiger partial charge in [0.1, 0.15) is 0 Å². The lowest BCUT2D eigenvalue weighted by Crippen LogP contribution is -2.35. The van der Waals surface area contributed by atoms with Crippen molar-refractivity contribution in [3.63, 3.8) is 0 Å². The number of rotatable bonds is 5. The van der Waals surface area contributed by atoms with Crippen LogP contribution in [0.3, 0.4) is 0 Å². The largest absolute Gasteiger partial charge is 0.452 e. The summed E-state index contributed by atoms with van der Waals surface area (Å²) in [7, 11) is 0. The van der Waals surface area contributed by atoms with Crippen LogP contribution < -0.4 is 5.32 Å². The molecule has 5 heteroatoms. The summed E-state index contributed by atoms with van der Waals surface area (Å²) >= 11 is 0. The van der Waals surface area contributed by atoms with Crippen molar-refractivity contribution < 1.29 is 14.3 Å². The number of aromatic nitrogens is 1. The highest BCUT2D eigenvalue weighted by atomic mass is 16.5. The number of hydrogen-bond donors (Lipinski definition) is 1. The van der Waals surface area contributed by atoms with Crippen molar-refractivity contribution >= 4 is 22.8 Å². The number of nitrogens with zero attached hydrogens (tertiary/aromatic N) is 1. The number of ether oxygens (including phenoxy) is 1. The van der Waals surface area contributed by atoms with E-state index >= 15 is 0 Å². The number of para-hydroxylation sites is 1. The van der Waals surface area contributed by atoms with E-state index in [9.17, 15) is 9.59 Å². The fraction of sp³-hybridized carbons (Fsp3) is 0.542. The summed E-state index contributed by atoms with van der Waals surface area (Å²) < 4.78 is 5.45. The van der Waals surface area contributed by atoms with E-state index in [0.717, 1.165) is 47.8 Å². The number of hydrogen-bond acceptors (Lipinski definition) is 4. The summed E-state index contributed by atoms with van der Waals surface area (Å²) in [6, 6.07) is 7.74. The molecule has 0 spiro atoms. The van der Waals surface area contributed by atoms with Gasteiger partial charge in [0.15, 0.2) is 6.61 Å². The zero-order valence-electron chi connectivity index (χ0n) is 18.2. The van der Waals surface area contributed by atoms with Crippen LogP contribution >= 0.6 is 0 Å². The van der Waals surface area contributed by atoms with Crippen LogP contribution in [0.25, 0.3) is 10.9 Å². The van der Waals surface area contributed by atoms with Crippen LogP contribution in [0.5, 0.6) is 0 Å². The van der Waals surface area contributed by atoms with Crippen LogP contribution in [-0.4, -0.2) is 29.5 Å². The minimum Gasteiger partial charge on any atom is -0.452 e. The van der Waals surface area contributed by atoms with Gasteiger partial charge in [-0.25, -0.2) is 4.79 Å². The number of fused-ring (bicyclic) bond motifs is 2. The van der Waals surface area contributed by atoms with Crippen molar-refractivity contribution in [2.24, 2.45) is 11.3 Å². The van der Waals surface area contributed by atoms with E-state index in [2.05, 4.69) is 26.1 Å². The molecule has 5 nitrogen and oxygen atoms in total. The second kappa shape index (κ2) is 8.52. The lowest BCUT2D eigenvalue weighted by molar-refractivity contribution is -0.124. The topological polar surface area (TPSA) is 68.3 Å². The predicted molar refractivity (Wildman–Crippen MR) is 115 cm³/mol. The SMILES string of the molecule is CC[C@H](C)NC(=O)COC(=O)c1c2c(nc3ccccc13)CC[C@H](C(C)(C)C)C2. The van der Waals surface area contributed by atoms with E-state index in [1.807, 2.05) is 38.1 Å². The summed E-state index contributed by atoms with van der Waals surface area (Å²) in [6.07, 6.45) is 3.56. The Labute approximate surface area is 173 Å². The number of carbonyl (C=O) groups excluding carboxylic acids is 2. The van der Waals surface area contributed by atoms with E-state index in [4.69, 9.17) is 9.72 Å². The first kappa shape index (κ1) is 21.3. The lowest BCUT2D eigenvalue weighted by atomic mass is 9.70. The molecule has 2 atom stereocenters. The summed E-state index contributed by atoms with van der Waals surface area (Å²) in [5.74, 6) is -0.237. The molecule has 0 saturated heterocycles. The molecule has 1 aliphatic carbocycles. The Morgan fingerprint density at radius 3 is 2.69 bits per heavy atom. The quantitative estimate of drug-likeness (QED) is 0.758. The molecular formula is C24H32N2O3. The highest BCUT2D eigenvalue weighted by Gasteiger charge is 2.33. The van der Waals surface area contributed by atoms with Crippen LogP contribution in [-0.2, 0) is 22.4 Å². The van der Waals surface area contributed by atoms with E-state index in [1.54, 1.807) is 0 Å². The molecule has 3 rings (SSSR count). The van der Waals surface area contributed by atoms with Crippen LogP contribution in [0.1, 0.15) is 69.1 Å². The Bertz CT molecular complexity index is 914. The second-order valence-electron chi connectivity index (χ2n) is 9.19. The van der Waals surface area contributed by atoms with Gasteiger partial charge in [-0.3, -0.25) is 9.78 Å². The Kier molecular flexibility index (Phi) is 6.25. The van der Waals surface area contributed by atoms with Gasteiger partial charge in [-0.2, -0.15) is 0 Å². The number of amides is 1. The molecule has 1 aromatic carbocycles. The molecule has 0 aliphatic heterocycles. The Hall–Kier alpha value is -2.43. The van der Waals surface area contributed by atoms with E-state index < -0.39 is 5.97 Å². The van der Waals surface area contributed by atoms with Crippen LogP contribution in [0.15, 0.2) is 24.3 Å². The summed E-state index contributed by atoms with van der Waals surface area (Å²) in [4.78, 5) is 30.0. The van der Waals surface area contributed by atoms with Crippen molar-refractivity contribution in [2.45, 2.75) is 66.3 Å².